The molecule has 0 radical (unpaired) electrons. The maximum absolute atomic E-state index is 11.6. The van der Waals surface area contributed by atoms with Crippen LogP contribution in [0.2, 0.25) is 5.02 Å². The van der Waals surface area contributed by atoms with Gasteiger partial charge in [-0.05, 0) is 48.8 Å². The van der Waals surface area contributed by atoms with Gasteiger partial charge < -0.3 is 4.74 Å². The molecule has 1 aliphatic rings. The molecule has 0 aliphatic heterocycles. The molecule has 1 saturated carbocycles. The Kier molecular flexibility index (Phi) is 5.87. The molecule has 0 amide bonds. The monoisotopic (exact) mass is 356 g/mol. The van der Waals surface area contributed by atoms with E-state index in [4.69, 9.17) is 16.3 Å². The molecular weight excluding hydrogens is 336 g/mol. The van der Waals surface area contributed by atoms with Crippen molar-refractivity contribution in [1.29, 1.82) is 0 Å². The molecule has 0 spiro atoms. The van der Waals surface area contributed by atoms with Gasteiger partial charge in [0.15, 0.2) is 9.84 Å². The Hall–Kier alpha value is -1.33. The number of rotatable bonds is 6. The van der Waals surface area contributed by atoms with E-state index < -0.39 is 15.8 Å². The minimum absolute atomic E-state index is 0.164. The van der Waals surface area contributed by atoms with Crippen molar-refractivity contribution >= 4 is 27.4 Å². The van der Waals surface area contributed by atoms with Crippen molar-refractivity contribution < 1.29 is 17.9 Å². The average Bonchev–Trinajstić information content (AvgIpc) is 2.94. The minimum atomic E-state index is -3.31. The van der Waals surface area contributed by atoms with E-state index in [1.807, 2.05) is 6.07 Å². The van der Waals surface area contributed by atoms with Crippen molar-refractivity contribution in [2.24, 2.45) is 5.92 Å². The molecule has 1 fully saturated rings. The SMILES string of the molecule is C=CC(=O)OCCC1CCCC1c1ccc(S(C)(=O)=O)c(Cl)c1. The Balaban J connectivity index is 2.09. The van der Waals surface area contributed by atoms with Gasteiger partial charge in [-0.3, -0.25) is 0 Å². The van der Waals surface area contributed by atoms with Crippen LogP contribution in [0.15, 0.2) is 35.7 Å². The highest BCUT2D eigenvalue weighted by molar-refractivity contribution is 7.90. The topological polar surface area (TPSA) is 60.4 Å². The number of hydrogen-bond donors (Lipinski definition) is 0. The summed E-state index contributed by atoms with van der Waals surface area (Å²) in [5, 5.41) is 0.272. The Labute approximate surface area is 142 Å². The standard InChI is InChI=1S/C17H21ClO4S/c1-3-17(19)22-10-9-12-5-4-6-14(12)13-7-8-16(15(18)11-13)23(2,20)21/h3,7-8,11-12,14H,1,4-6,9-10H2,2H3. The smallest absolute Gasteiger partial charge is 0.330 e. The summed E-state index contributed by atoms with van der Waals surface area (Å²) in [6.07, 6.45) is 6.32. The summed E-state index contributed by atoms with van der Waals surface area (Å²) in [5.74, 6) is 0.330. The zero-order valence-corrected chi connectivity index (χ0v) is 14.7. The molecule has 6 heteroatoms. The summed E-state index contributed by atoms with van der Waals surface area (Å²) in [6, 6.07) is 5.19. The number of esters is 1. The van der Waals surface area contributed by atoms with E-state index in [0.29, 0.717) is 18.4 Å². The fourth-order valence-electron chi connectivity index (χ4n) is 3.24. The van der Waals surface area contributed by atoms with E-state index >= 15 is 0 Å². The summed E-state index contributed by atoms with van der Waals surface area (Å²) >= 11 is 6.15. The molecular formula is C17H21ClO4S. The van der Waals surface area contributed by atoms with Crippen LogP contribution in [0.3, 0.4) is 0 Å². The molecule has 2 unspecified atom stereocenters. The predicted molar refractivity (Wildman–Crippen MR) is 90.4 cm³/mol. The molecule has 0 bridgehead atoms. The number of benzene rings is 1. The van der Waals surface area contributed by atoms with Crippen LogP contribution in [-0.4, -0.2) is 27.2 Å². The highest BCUT2D eigenvalue weighted by Crippen LogP contribution is 2.42. The van der Waals surface area contributed by atoms with E-state index in [1.165, 1.54) is 0 Å². The maximum atomic E-state index is 11.6. The van der Waals surface area contributed by atoms with Crippen LogP contribution in [-0.2, 0) is 19.4 Å². The number of hydrogen-bond acceptors (Lipinski definition) is 4. The zero-order chi connectivity index (χ0) is 17.0. The lowest BCUT2D eigenvalue weighted by Gasteiger charge is -2.20. The van der Waals surface area contributed by atoms with Crippen LogP contribution in [0.5, 0.6) is 0 Å². The number of carbonyl (C=O) groups excluding carboxylic acids is 1. The molecule has 23 heavy (non-hydrogen) atoms. The van der Waals surface area contributed by atoms with Gasteiger partial charge in [-0.2, -0.15) is 0 Å². The third-order valence-corrected chi connectivity index (χ3v) is 5.92. The predicted octanol–water partition coefficient (Wildman–Crippen LogP) is 3.75. The second-order valence-corrected chi connectivity index (χ2v) is 8.31. The molecule has 0 N–H and O–H groups in total. The second kappa shape index (κ2) is 7.49. The Bertz CT molecular complexity index is 697. The fraction of sp³-hybridized carbons (Fsp3) is 0.471. The Morgan fingerprint density at radius 3 is 2.78 bits per heavy atom. The van der Waals surface area contributed by atoms with Gasteiger partial charge in [-0.15, -0.1) is 0 Å². The van der Waals surface area contributed by atoms with E-state index in [0.717, 1.165) is 43.6 Å². The van der Waals surface area contributed by atoms with E-state index in [9.17, 15) is 13.2 Å². The van der Waals surface area contributed by atoms with Crippen molar-refractivity contribution in [2.75, 3.05) is 12.9 Å². The minimum Gasteiger partial charge on any atom is -0.463 e. The molecule has 0 saturated heterocycles. The summed E-state index contributed by atoms with van der Waals surface area (Å²) < 4.78 is 28.3. The van der Waals surface area contributed by atoms with Crippen LogP contribution >= 0.6 is 11.6 Å². The van der Waals surface area contributed by atoms with Gasteiger partial charge in [0.05, 0.1) is 16.5 Å². The third-order valence-electron chi connectivity index (χ3n) is 4.34. The average molecular weight is 357 g/mol. The number of halogens is 1. The molecule has 1 aromatic rings. The van der Waals surface area contributed by atoms with E-state index in [2.05, 4.69) is 6.58 Å². The van der Waals surface area contributed by atoms with Crippen LogP contribution < -0.4 is 0 Å². The Morgan fingerprint density at radius 2 is 2.17 bits per heavy atom. The fourth-order valence-corrected chi connectivity index (χ4v) is 4.58. The lowest BCUT2D eigenvalue weighted by Crippen LogP contribution is -2.12. The zero-order valence-electron chi connectivity index (χ0n) is 13.1. The Morgan fingerprint density at radius 1 is 1.43 bits per heavy atom. The van der Waals surface area contributed by atoms with Gasteiger partial charge in [-0.1, -0.05) is 30.7 Å². The van der Waals surface area contributed by atoms with Crippen LogP contribution in [0.25, 0.3) is 0 Å². The van der Waals surface area contributed by atoms with Gasteiger partial charge in [0.2, 0.25) is 0 Å². The van der Waals surface area contributed by atoms with Crippen molar-refractivity contribution in [3.8, 4) is 0 Å². The number of carbonyl (C=O) groups is 1. The van der Waals surface area contributed by atoms with E-state index in [-0.39, 0.29) is 9.92 Å². The van der Waals surface area contributed by atoms with E-state index in [1.54, 1.807) is 12.1 Å². The third kappa shape index (κ3) is 4.58. The largest absolute Gasteiger partial charge is 0.463 e. The number of ether oxygens (including phenoxy) is 1. The van der Waals surface area contributed by atoms with Crippen molar-refractivity contribution in [1.82, 2.24) is 0 Å². The lowest BCUT2D eigenvalue weighted by atomic mass is 9.87. The van der Waals surface area contributed by atoms with Gasteiger partial charge in [0, 0.05) is 12.3 Å². The normalized spacial score (nSPS) is 21.1. The van der Waals surface area contributed by atoms with Crippen molar-refractivity contribution in [3.63, 3.8) is 0 Å². The first-order valence-corrected chi connectivity index (χ1v) is 9.88. The number of sulfone groups is 1. The second-order valence-electron chi connectivity index (χ2n) is 5.92. The highest BCUT2D eigenvalue weighted by atomic mass is 35.5. The molecule has 1 aliphatic carbocycles. The molecule has 126 valence electrons. The summed E-state index contributed by atoms with van der Waals surface area (Å²) in [5.41, 5.74) is 1.06. The van der Waals surface area contributed by atoms with Crippen molar-refractivity contribution in [2.45, 2.75) is 36.5 Å². The van der Waals surface area contributed by atoms with Crippen LogP contribution in [0.4, 0.5) is 0 Å². The first kappa shape index (κ1) is 18.0. The first-order chi connectivity index (χ1) is 10.8. The van der Waals surface area contributed by atoms with Crippen LogP contribution in [0, 0.1) is 5.92 Å². The summed E-state index contributed by atoms with van der Waals surface area (Å²) in [4.78, 5) is 11.3. The van der Waals surface area contributed by atoms with Gasteiger partial charge in [-0.25, -0.2) is 13.2 Å². The summed E-state index contributed by atoms with van der Waals surface area (Å²) in [7, 11) is -3.31. The van der Waals surface area contributed by atoms with Crippen molar-refractivity contribution in [3.05, 3.63) is 41.4 Å². The molecule has 0 aromatic heterocycles. The first-order valence-electron chi connectivity index (χ1n) is 7.61. The van der Waals surface area contributed by atoms with Gasteiger partial charge >= 0.3 is 5.97 Å². The maximum Gasteiger partial charge on any atom is 0.330 e. The molecule has 2 atom stereocenters. The molecule has 2 rings (SSSR count). The molecule has 4 nitrogen and oxygen atoms in total. The highest BCUT2D eigenvalue weighted by Gasteiger charge is 2.29. The van der Waals surface area contributed by atoms with Crippen LogP contribution in [0.1, 0.15) is 37.2 Å². The lowest BCUT2D eigenvalue weighted by molar-refractivity contribution is -0.138. The quantitative estimate of drug-likeness (QED) is 0.575. The molecule has 1 aromatic carbocycles. The van der Waals surface area contributed by atoms with Gasteiger partial charge in [0.1, 0.15) is 0 Å². The molecule has 0 heterocycles. The summed E-state index contributed by atoms with van der Waals surface area (Å²) in [6.45, 7) is 3.75. The van der Waals surface area contributed by atoms with Gasteiger partial charge in [0.25, 0.3) is 0 Å².